The first-order chi connectivity index (χ1) is 7.01. The van der Waals surface area contributed by atoms with Gasteiger partial charge in [-0.15, -0.1) is 0 Å². The zero-order valence-electron chi connectivity index (χ0n) is 8.05. The maximum Gasteiger partial charge on any atom is 0.389 e. The van der Waals surface area contributed by atoms with Crippen molar-refractivity contribution in [3.63, 3.8) is 0 Å². The highest BCUT2D eigenvalue weighted by atomic mass is 32.1. The van der Waals surface area contributed by atoms with E-state index in [1.54, 1.807) is 0 Å². The number of nitrogens with one attached hydrogen (secondary N) is 1. The average Bonchev–Trinajstić information content (AvgIpc) is 2.63. The third-order valence-electron chi connectivity index (χ3n) is 2.07. The summed E-state index contributed by atoms with van der Waals surface area (Å²) in [5.41, 5.74) is 3.44. The number of rotatable bonds is 5. The Morgan fingerprint density at radius 1 is 1.47 bits per heavy atom. The van der Waals surface area contributed by atoms with Crippen molar-refractivity contribution in [3.05, 3.63) is 22.4 Å². The van der Waals surface area contributed by atoms with Crippen LogP contribution in [-0.2, 0) is 6.42 Å². The van der Waals surface area contributed by atoms with Crippen LogP contribution in [0.25, 0.3) is 0 Å². The maximum absolute atomic E-state index is 12.0. The molecule has 0 bridgehead atoms. The predicted octanol–water partition coefficient (Wildman–Crippen LogP) is 2.47. The summed E-state index contributed by atoms with van der Waals surface area (Å²) in [4.78, 5) is 0. The van der Waals surface area contributed by atoms with E-state index in [9.17, 15) is 13.2 Å². The second-order valence-corrected chi connectivity index (χ2v) is 4.13. The lowest BCUT2D eigenvalue weighted by Gasteiger charge is -2.16. The van der Waals surface area contributed by atoms with Gasteiger partial charge in [0.1, 0.15) is 0 Å². The highest BCUT2D eigenvalue weighted by Gasteiger charge is 2.28. The largest absolute Gasteiger partial charge is 0.389 e. The van der Waals surface area contributed by atoms with Crippen LogP contribution in [0.2, 0.25) is 0 Å². The van der Waals surface area contributed by atoms with E-state index in [1.807, 2.05) is 16.8 Å². The molecule has 0 fully saturated rings. The lowest BCUT2D eigenvalue weighted by molar-refractivity contribution is -0.136. The van der Waals surface area contributed by atoms with Crippen molar-refractivity contribution in [2.75, 3.05) is 0 Å². The van der Waals surface area contributed by atoms with E-state index in [4.69, 9.17) is 5.84 Å². The Balaban J connectivity index is 2.36. The topological polar surface area (TPSA) is 38.0 Å². The lowest BCUT2D eigenvalue weighted by atomic mass is 10.0. The number of thiophene rings is 1. The van der Waals surface area contributed by atoms with Crippen molar-refractivity contribution >= 4 is 11.3 Å². The molecule has 0 spiro atoms. The van der Waals surface area contributed by atoms with Gasteiger partial charge in [-0.25, -0.2) is 0 Å². The quantitative estimate of drug-likeness (QED) is 0.611. The van der Waals surface area contributed by atoms with Gasteiger partial charge < -0.3 is 0 Å². The summed E-state index contributed by atoms with van der Waals surface area (Å²) >= 11 is 1.52. The fourth-order valence-corrected chi connectivity index (χ4v) is 1.96. The minimum absolute atomic E-state index is 0.00977. The summed E-state index contributed by atoms with van der Waals surface area (Å²) in [6.45, 7) is 0. The Kier molecular flexibility index (Phi) is 4.56. The van der Waals surface area contributed by atoms with E-state index in [-0.39, 0.29) is 12.5 Å². The van der Waals surface area contributed by atoms with Crippen LogP contribution in [0.4, 0.5) is 13.2 Å². The van der Waals surface area contributed by atoms with Gasteiger partial charge in [0.25, 0.3) is 0 Å². The van der Waals surface area contributed by atoms with Crippen molar-refractivity contribution < 1.29 is 13.2 Å². The monoisotopic (exact) mass is 238 g/mol. The van der Waals surface area contributed by atoms with Crippen LogP contribution in [0, 0.1) is 0 Å². The molecular weight excluding hydrogens is 225 g/mol. The standard InChI is InChI=1S/C9H13F3N2S/c10-9(11,12)3-1-8(14-13)5-7-2-4-15-6-7/h2,4,6,8,14H,1,3,5,13H2. The predicted molar refractivity (Wildman–Crippen MR) is 54.4 cm³/mol. The molecule has 1 aromatic heterocycles. The average molecular weight is 238 g/mol. The van der Waals surface area contributed by atoms with Crippen molar-refractivity contribution in [2.24, 2.45) is 5.84 Å². The summed E-state index contributed by atoms with van der Waals surface area (Å²) in [5.74, 6) is 5.20. The summed E-state index contributed by atoms with van der Waals surface area (Å²) in [6, 6.07) is 1.57. The minimum Gasteiger partial charge on any atom is -0.271 e. The molecular formula is C9H13F3N2S. The van der Waals surface area contributed by atoms with Gasteiger partial charge in [-0.3, -0.25) is 11.3 Å². The van der Waals surface area contributed by atoms with Gasteiger partial charge in [-0.1, -0.05) is 0 Å². The molecule has 0 aliphatic rings. The zero-order chi connectivity index (χ0) is 11.3. The second kappa shape index (κ2) is 5.48. The number of alkyl halides is 3. The van der Waals surface area contributed by atoms with Crippen LogP contribution >= 0.6 is 11.3 Å². The summed E-state index contributed by atoms with van der Waals surface area (Å²) in [6.07, 6.45) is -4.36. The molecule has 3 N–H and O–H groups in total. The highest BCUT2D eigenvalue weighted by molar-refractivity contribution is 7.07. The first-order valence-electron chi connectivity index (χ1n) is 4.55. The molecule has 86 valence electrons. The van der Waals surface area contributed by atoms with Crippen molar-refractivity contribution in [1.82, 2.24) is 5.43 Å². The van der Waals surface area contributed by atoms with Crippen LogP contribution in [0.15, 0.2) is 16.8 Å². The fraction of sp³-hybridized carbons (Fsp3) is 0.556. The Hall–Kier alpha value is -0.590. The summed E-state index contributed by atoms with van der Waals surface area (Å²) < 4.78 is 35.9. The van der Waals surface area contributed by atoms with Crippen LogP contribution in [-0.4, -0.2) is 12.2 Å². The molecule has 0 radical (unpaired) electrons. The normalized spacial score (nSPS) is 14.1. The number of hydrazine groups is 1. The van der Waals surface area contributed by atoms with E-state index < -0.39 is 12.6 Å². The molecule has 0 saturated carbocycles. The van der Waals surface area contributed by atoms with Gasteiger partial charge in [-0.2, -0.15) is 24.5 Å². The molecule has 1 aromatic rings. The molecule has 15 heavy (non-hydrogen) atoms. The van der Waals surface area contributed by atoms with Crippen molar-refractivity contribution in [1.29, 1.82) is 0 Å². The molecule has 1 rings (SSSR count). The lowest BCUT2D eigenvalue weighted by Crippen LogP contribution is -2.37. The molecule has 1 atom stereocenters. The van der Waals surface area contributed by atoms with E-state index >= 15 is 0 Å². The highest BCUT2D eigenvalue weighted by Crippen LogP contribution is 2.23. The van der Waals surface area contributed by atoms with Gasteiger partial charge in [0.15, 0.2) is 0 Å². The molecule has 2 nitrogen and oxygen atoms in total. The second-order valence-electron chi connectivity index (χ2n) is 3.35. The smallest absolute Gasteiger partial charge is 0.271 e. The number of hydrogen-bond donors (Lipinski definition) is 2. The van der Waals surface area contributed by atoms with E-state index in [0.717, 1.165) is 5.56 Å². The maximum atomic E-state index is 12.0. The van der Waals surface area contributed by atoms with Crippen molar-refractivity contribution in [2.45, 2.75) is 31.5 Å². The molecule has 0 aromatic carbocycles. The summed E-state index contributed by atoms with van der Waals surface area (Å²) in [5, 5.41) is 3.81. The SMILES string of the molecule is NNC(CCC(F)(F)F)Cc1ccsc1. The molecule has 1 unspecified atom stereocenters. The zero-order valence-corrected chi connectivity index (χ0v) is 8.87. The molecule has 0 saturated heterocycles. The molecule has 0 aliphatic carbocycles. The Labute approximate surface area is 90.3 Å². The molecule has 0 amide bonds. The van der Waals surface area contributed by atoms with Gasteiger partial charge in [0.2, 0.25) is 0 Å². The summed E-state index contributed by atoms with van der Waals surface area (Å²) in [7, 11) is 0. The van der Waals surface area contributed by atoms with E-state index in [1.165, 1.54) is 11.3 Å². The van der Waals surface area contributed by atoms with Crippen LogP contribution < -0.4 is 11.3 Å². The number of nitrogens with two attached hydrogens (primary N) is 1. The van der Waals surface area contributed by atoms with Gasteiger partial charge in [-0.05, 0) is 35.2 Å². The molecule has 6 heteroatoms. The van der Waals surface area contributed by atoms with Crippen LogP contribution in [0.3, 0.4) is 0 Å². The first-order valence-corrected chi connectivity index (χ1v) is 5.49. The Morgan fingerprint density at radius 3 is 2.67 bits per heavy atom. The van der Waals surface area contributed by atoms with Crippen LogP contribution in [0.1, 0.15) is 18.4 Å². The minimum atomic E-state index is -4.11. The molecule has 0 aliphatic heterocycles. The third kappa shape index (κ3) is 5.15. The van der Waals surface area contributed by atoms with Gasteiger partial charge in [0, 0.05) is 12.5 Å². The fourth-order valence-electron chi connectivity index (χ4n) is 1.28. The Morgan fingerprint density at radius 2 is 2.20 bits per heavy atom. The first kappa shape index (κ1) is 12.5. The Bertz CT molecular complexity index is 271. The molecule has 1 heterocycles. The van der Waals surface area contributed by atoms with Gasteiger partial charge >= 0.3 is 6.18 Å². The number of hydrogen-bond acceptors (Lipinski definition) is 3. The van der Waals surface area contributed by atoms with Crippen LogP contribution in [0.5, 0.6) is 0 Å². The van der Waals surface area contributed by atoms with E-state index in [0.29, 0.717) is 6.42 Å². The third-order valence-corrected chi connectivity index (χ3v) is 2.81. The number of halogens is 3. The van der Waals surface area contributed by atoms with Gasteiger partial charge in [0.05, 0.1) is 0 Å². The van der Waals surface area contributed by atoms with Crippen molar-refractivity contribution in [3.8, 4) is 0 Å². The van der Waals surface area contributed by atoms with E-state index in [2.05, 4.69) is 5.43 Å².